The first-order chi connectivity index (χ1) is 51.5. The van der Waals surface area contributed by atoms with Gasteiger partial charge < -0.3 is 27.3 Å². The van der Waals surface area contributed by atoms with Crippen LogP contribution in [-0.2, 0) is 0 Å². The maximum atomic E-state index is 9.32. The summed E-state index contributed by atoms with van der Waals surface area (Å²) in [6, 6.07) is 119. The van der Waals surface area contributed by atoms with Crippen molar-refractivity contribution in [3.8, 4) is 61.4 Å². The molecule has 0 atom stereocenters. The summed E-state index contributed by atoms with van der Waals surface area (Å²) in [5.41, 5.74) is 18.6. The zero-order valence-electron chi connectivity index (χ0n) is 55.8. The van der Waals surface area contributed by atoms with Crippen LogP contribution in [0.3, 0.4) is 0 Å². The smallest absolute Gasteiger partial charge is 0.537 e. The van der Waals surface area contributed by atoms with Crippen molar-refractivity contribution >= 4 is 176 Å². The summed E-state index contributed by atoms with van der Waals surface area (Å²) in [5.74, 6) is 0.674. The lowest BCUT2D eigenvalue weighted by Crippen LogP contribution is -2.02. The quantitative estimate of drug-likeness (QED) is 0.126. The normalized spacial score (nSPS) is 11.8. The second-order valence-electron chi connectivity index (χ2n) is 26.4. The summed E-state index contributed by atoms with van der Waals surface area (Å²) < 4.78 is 32.4. The summed E-state index contributed by atoms with van der Waals surface area (Å²) in [5, 5.41) is 32.0. The van der Waals surface area contributed by atoms with E-state index in [4.69, 9.17) is 22.3 Å². The number of para-hydroxylation sites is 4. The van der Waals surface area contributed by atoms with Crippen molar-refractivity contribution in [3.05, 3.63) is 344 Å². The molecule has 1 radical (unpaired) electrons. The first kappa shape index (κ1) is 60.9. The van der Waals surface area contributed by atoms with Gasteiger partial charge in [0, 0.05) is 58.7 Å². The number of rotatable bonds is 7. The Balaban J connectivity index is 0.000000113. The maximum Gasteiger partial charge on any atom is 0.569 e. The third-order valence-electron chi connectivity index (χ3n) is 20.7. The third kappa shape index (κ3) is 9.90. The molecule has 0 aliphatic carbocycles. The average Bonchev–Trinajstić information content (AvgIpc) is 1.17. The summed E-state index contributed by atoms with van der Waals surface area (Å²) in [4.78, 5) is 0. The zero-order chi connectivity index (χ0) is 68.9. The minimum atomic E-state index is 0.674. The van der Waals surface area contributed by atoms with E-state index in [1.54, 1.807) is 0 Å². The summed E-state index contributed by atoms with van der Waals surface area (Å²) in [7, 11) is 0.756. The van der Waals surface area contributed by atoms with Crippen LogP contribution >= 0.6 is 15.9 Å². The van der Waals surface area contributed by atoms with Crippen LogP contribution in [0.25, 0.3) is 208 Å². The average molecular weight is 1400 g/mol. The molecule has 0 fully saturated rings. The number of fused-ring (bicyclic) bond motifs is 20. The molecule has 487 valence electrons. The lowest BCUT2D eigenvalue weighted by Gasteiger charge is -2.19. The molecule has 18 aromatic carbocycles. The van der Waals surface area contributed by atoms with Crippen LogP contribution < -0.4 is 4.65 Å². The van der Waals surface area contributed by atoms with Gasteiger partial charge in [-0.3, -0.25) is 0 Å². The van der Waals surface area contributed by atoms with E-state index in [1.807, 2.05) is 109 Å². The number of halogens is 1. The van der Waals surface area contributed by atoms with E-state index in [1.165, 1.54) is 76.5 Å². The molecule has 0 spiro atoms. The molecule has 104 heavy (non-hydrogen) atoms. The van der Waals surface area contributed by atoms with E-state index >= 15 is 0 Å². The Kier molecular flexibility index (Phi) is 14.6. The van der Waals surface area contributed by atoms with Crippen molar-refractivity contribution in [3.63, 3.8) is 0 Å². The van der Waals surface area contributed by atoms with Crippen molar-refractivity contribution in [2.75, 3.05) is 0 Å². The Labute approximate surface area is 604 Å². The van der Waals surface area contributed by atoms with Crippen molar-refractivity contribution in [1.82, 2.24) is 0 Å². The van der Waals surface area contributed by atoms with Gasteiger partial charge in [0.2, 0.25) is 0 Å². The topological polar surface area (TPSA) is 82.0 Å². The van der Waals surface area contributed by atoms with Crippen LogP contribution in [0.1, 0.15) is 0 Å². The van der Waals surface area contributed by atoms with Crippen molar-refractivity contribution in [2.24, 2.45) is 0 Å². The molecule has 0 bridgehead atoms. The number of benzene rings is 18. The lowest BCUT2D eigenvalue weighted by molar-refractivity contribution is 0.459. The Hall–Kier alpha value is -13.0. The summed E-state index contributed by atoms with van der Waals surface area (Å²) in [6.45, 7) is 0. The summed E-state index contributed by atoms with van der Waals surface area (Å²) in [6.07, 6.45) is 0. The highest BCUT2D eigenvalue weighted by Gasteiger charge is 2.25. The Morgan fingerprint density at radius 1 is 0.240 bits per heavy atom. The highest BCUT2D eigenvalue weighted by atomic mass is 79.9. The first-order valence-electron chi connectivity index (χ1n) is 34.8. The predicted molar refractivity (Wildman–Crippen MR) is 437 cm³/mol. The molecular weight excluding hydrogens is 1340 g/mol. The van der Waals surface area contributed by atoms with Gasteiger partial charge in [-0.1, -0.05) is 301 Å². The van der Waals surface area contributed by atoms with E-state index in [0.717, 1.165) is 144 Å². The molecule has 0 aliphatic rings. The largest absolute Gasteiger partial charge is 0.569 e. The predicted octanol–water partition coefficient (Wildman–Crippen LogP) is 27.6. The van der Waals surface area contributed by atoms with Crippen LogP contribution in [0, 0.1) is 0 Å². The molecule has 0 unspecified atom stereocenters. The van der Waals surface area contributed by atoms with E-state index < -0.39 is 0 Å². The zero-order valence-corrected chi connectivity index (χ0v) is 57.4. The first-order valence-corrected chi connectivity index (χ1v) is 35.6. The Morgan fingerprint density at radius 3 is 1.00 bits per heavy atom. The van der Waals surface area contributed by atoms with Gasteiger partial charge in [0.25, 0.3) is 0 Å². The number of furan rings is 4. The lowest BCUT2D eigenvalue weighted by atomic mass is 9.84. The molecule has 0 saturated carbocycles. The molecule has 8 heteroatoms. The van der Waals surface area contributed by atoms with Gasteiger partial charge in [0.05, 0.1) is 10.8 Å². The van der Waals surface area contributed by atoms with Gasteiger partial charge in [-0.25, -0.2) is 0 Å². The number of hydrogen-bond donors (Lipinski definition) is 1. The minimum absolute atomic E-state index is 0.674. The fraction of sp³-hybridized carbons (Fsp3) is 0. The monoisotopic (exact) mass is 1400 g/mol. The molecule has 0 aliphatic heterocycles. The van der Waals surface area contributed by atoms with E-state index in [9.17, 15) is 5.02 Å². The van der Waals surface area contributed by atoms with Gasteiger partial charge in [-0.15, -0.1) is 0 Å². The summed E-state index contributed by atoms with van der Waals surface area (Å²) >= 11 is 3.59. The number of hydrogen-bond acceptors (Lipinski definition) is 6. The highest BCUT2D eigenvalue weighted by molar-refractivity contribution is 9.10. The minimum Gasteiger partial charge on any atom is -0.537 e. The van der Waals surface area contributed by atoms with Crippen molar-refractivity contribution in [2.45, 2.75) is 0 Å². The SMILES string of the molecule is Brc1cccc(-c2cc3c4ccccc4oc3c3c2oc2ccccc23)c1.O[B]Oc1c2ccccc2c(-c2cccc3ccccc23)c2ccccc12.c1cc(-c2c3ccccc3c(-c3cccc4ccccc34)c3ccccc23)cc(-c2cc3c4ccccc4oc3c3c2oc2ccccc23)c1. The fourth-order valence-electron chi connectivity index (χ4n) is 16.2. The van der Waals surface area contributed by atoms with Gasteiger partial charge in [-0.05, 0) is 153 Å². The molecule has 4 heterocycles. The van der Waals surface area contributed by atoms with Crippen molar-refractivity contribution < 1.29 is 27.3 Å². The molecular formula is C96H57BBrO6. The molecule has 6 nitrogen and oxygen atoms in total. The highest BCUT2D eigenvalue weighted by Crippen LogP contribution is 2.51. The molecule has 0 saturated heterocycles. The molecule has 1 N–H and O–H groups in total. The van der Waals surface area contributed by atoms with Crippen LogP contribution in [0.15, 0.2) is 362 Å². The van der Waals surface area contributed by atoms with E-state index in [2.05, 4.69) is 246 Å². The van der Waals surface area contributed by atoms with Crippen molar-refractivity contribution in [1.29, 1.82) is 0 Å². The Morgan fingerprint density at radius 2 is 0.558 bits per heavy atom. The van der Waals surface area contributed by atoms with Crippen LogP contribution in [-0.4, -0.2) is 12.7 Å². The Bertz CT molecular complexity index is 7110. The van der Waals surface area contributed by atoms with E-state index in [-0.39, 0.29) is 0 Å². The van der Waals surface area contributed by atoms with Gasteiger partial charge in [-0.2, -0.15) is 0 Å². The van der Waals surface area contributed by atoms with Gasteiger partial charge in [0.15, 0.2) is 0 Å². The van der Waals surface area contributed by atoms with E-state index in [0.29, 0.717) is 5.75 Å². The fourth-order valence-corrected chi connectivity index (χ4v) is 16.6. The molecule has 22 rings (SSSR count). The second-order valence-corrected chi connectivity index (χ2v) is 27.3. The molecule has 0 amide bonds. The van der Waals surface area contributed by atoms with Crippen LogP contribution in [0.4, 0.5) is 0 Å². The maximum absolute atomic E-state index is 9.32. The third-order valence-corrected chi connectivity index (χ3v) is 21.2. The van der Waals surface area contributed by atoms with Gasteiger partial charge >= 0.3 is 7.69 Å². The standard InChI is InChI=1S/C48H28O2.C24H16BO2.C24H13BrO2/c1-2-17-32-29(13-1)14-12-24-34(32)45-37-21-5-3-19-35(37)44(36-20-4-6-22-38(36)45)31-16-11-15-30(27-31)40-28-41-33-18-7-9-25-42(33)49-48(41)46-39-23-8-10-26-43(39)50-47(40)46;26-25-27-24-21-13-5-3-11-19(21)23(20-12-4-6-14-22(20)24)18-15-7-9-16-8-1-2-10-17(16)18;25-15-7-5-6-14(12-15)18-13-19-16-8-1-3-10-20(16)26-24(19)22-17-9-2-4-11-21(17)27-23(18)22/h1-28H;1-15,26H;1-13H. The molecule has 4 aromatic heterocycles. The molecule has 22 aromatic rings. The second kappa shape index (κ2) is 25.0. The van der Waals surface area contributed by atoms with Gasteiger partial charge in [0.1, 0.15) is 50.4 Å². The van der Waals surface area contributed by atoms with Crippen LogP contribution in [0.2, 0.25) is 0 Å². The van der Waals surface area contributed by atoms with Crippen LogP contribution in [0.5, 0.6) is 5.75 Å².